The van der Waals surface area contributed by atoms with Crippen molar-refractivity contribution in [1.82, 2.24) is 10.4 Å². The van der Waals surface area contributed by atoms with Gasteiger partial charge in [0.05, 0.1) is 25.6 Å². The number of carbonyl (C=O) groups is 2. The molecule has 11 nitrogen and oxygen atoms in total. The van der Waals surface area contributed by atoms with Crippen LogP contribution in [-0.4, -0.2) is 50.4 Å². The number of ether oxygens (including phenoxy) is 4. The molecule has 0 aliphatic rings. The molecule has 0 saturated carbocycles. The summed E-state index contributed by atoms with van der Waals surface area (Å²) in [5, 5.41) is 16.3. The van der Waals surface area contributed by atoms with Gasteiger partial charge in [0.2, 0.25) is 5.88 Å². The van der Waals surface area contributed by atoms with E-state index in [1.54, 1.807) is 25.1 Å². The van der Waals surface area contributed by atoms with Gasteiger partial charge in [-0.1, -0.05) is 18.2 Å². The zero-order valence-corrected chi connectivity index (χ0v) is 24.0. The fourth-order valence-corrected chi connectivity index (χ4v) is 3.89. The largest absolute Gasteiger partial charge is 0.493 e. The highest BCUT2D eigenvalue weighted by molar-refractivity contribution is 9.10. The Morgan fingerprint density at radius 1 is 1.07 bits per heavy atom. The topological polar surface area (TPSA) is 144 Å². The van der Waals surface area contributed by atoms with Crippen LogP contribution in [0.3, 0.4) is 0 Å². The number of hydrazone groups is 1. The number of carbonyl (C=O) groups excluding carboxylic acids is 2. The van der Waals surface area contributed by atoms with Gasteiger partial charge in [0, 0.05) is 22.8 Å². The van der Waals surface area contributed by atoms with E-state index in [1.807, 2.05) is 37.3 Å². The van der Waals surface area contributed by atoms with Crippen molar-refractivity contribution in [3.05, 3.63) is 74.9 Å². The molecule has 12 heteroatoms. The first-order valence-corrected chi connectivity index (χ1v) is 12.8. The number of halogens is 1. The minimum absolute atomic E-state index is 0.0299. The molecule has 0 radical (unpaired) electrons. The number of amides is 2. The molecule has 0 unspecified atom stereocenters. The maximum absolute atomic E-state index is 12.3. The lowest BCUT2D eigenvalue weighted by Gasteiger charge is -2.13. The van der Waals surface area contributed by atoms with Crippen molar-refractivity contribution >= 4 is 39.6 Å². The summed E-state index contributed by atoms with van der Waals surface area (Å²) >= 11 is 3.41. The Morgan fingerprint density at radius 2 is 1.82 bits per heavy atom. The van der Waals surface area contributed by atoms with Crippen LogP contribution in [-0.2, 0) is 20.9 Å². The number of nitriles is 1. The van der Waals surface area contributed by atoms with Gasteiger partial charge in [-0.05, 0) is 65.2 Å². The van der Waals surface area contributed by atoms with Crippen LogP contribution >= 0.6 is 15.9 Å². The zero-order chi connectivity index (χ0) is 29.1. The predicted octanol–water partition coefficient (Wildman–Crippen LogP) is 4.03. The molecule has 2 N–H and O–H groups in total. The molecule has 1 heterocycles. The van der Waals surface area contributed by atoms with Gasteiger partial charge in [-0.2, -0.15) is 10.4 Å². The summed E-state index contributed by atoms with van der Waals surface area (Å²) in [5.74, 6) is -0.0766. The summed E-state index contributed by atoms with van der Waals surface area (Å²) < 4.78 is 22.3. The average Bonchev–Trinajstić information content (AvgIpc) is 2.95. The second kappa shape index (κ2) is 14.6. The number of aryl methyl sites for hydroxylation is 2. The molecule has 2 aromatic carbocycles. The monoisotopic (exact) mass is 609 g/mol. The first-order chi connectivity index (χ1) is 19.3. The Kier molecular flexibility index (Phi) is 11.0. The van der Waals surface area contributed by atoms with Crippen LogP contribution in [0.5, 0.6) is 17.4 Å². The lowest BCUT2D eigenvalue weighted by atomic mass is 10.1. The molecular weight excluding hydrogens is 582 g/mol. The number of nitrogens with zero attached hydrogens (tertiary/aromatic N) is 3. The van der Waals surface area contributed by atoms with Crippen LogP contribution in [0, 0.1) is 25.2 Å². The number of benzene rings is 2. The first kappa shape index (κ1) is 30.1. The van der Waals surface area contributed by atoms with Crippen LogP contribution in [0.1, 0.15) is 27.9 Å². The quantitative estimate of drug-likeness (QED) is 0.231. The van der Waals surface area contributed by atoms with Crippen LogP contribution in [0.4, 0.5) is 5.69 Å². The highest BCUT2D eigenvalue weighted by Crippen LogP contribution is 2.30. The first-order valence-electron chi connectivity index (χ1n) is 12.0. The van der Waals surface area contributed by atoms with Crippen molar-refractivity contribution in [3.8, 4) is 23.4 Å². The Hall–Kier alpha value is -4.47. The fraction of sp³-hybridized carbons (Fsp3) is 0.250. The Bertz CT molecular complexity index is 1450. The molecule has 3 rings (SSSR count). The smallest absolute Gasteiger partial charge is 0.278 e. The average molecular weight is 610 g/mol. The van der Waals surface area contributed by atoms with Gasteiger partial charge >= 0.3 is 0 Å². The van der Waals surface area contributed by atoms with Gasteiger partial charge < -0.3 is 24.3 Å². The van der Waals surface area contributed by atoms with E-state index >= 15 is 0 Å². The maximum atomic E-state index is 12.3. The number of anilines is 1. The third kappa shape index (κ3) is 8.02. The summed E-state index contributed by atoms with van der Waals surface area (Å²) in [6, 6.07) is 14.5. The number of methoxy groups -OCH3 is 2. The Labute approximate surface area is 240 Å². The van der Waals surface area contributed by atoms with Crippen molar-refractivity contribution in [3.63, 3.8) is 0 Å². The molecule has 0 bridgehead atoms. The molecule has 0 aliphatic carbocycles. The number of para-hydroxylation sites is 1. The third-order valence-corrected chi connectivity index (χ3v) is 6.53. The Balaban J connectivity index is 1.55. The molecule has 40 heavy (non-hydrogen) atoms. The lowest BCUT2D eigenvalue weighted by Crippen LogP contribution is -2.25. The molecule has 0 fully saturated rings. The van der Waals surface area contributed by atoms with E-state index in [0.717, 1.165) is 5.56 Å². The molecule has 208 valence electrons. The van der Waals surface area contributed by atoms with Crippen molar-refractivity contribution < 1.29 is 28.5 Å². The van der Waals surface area contributed by atoms with Crippen molar-refractivity contribution in [2.75, 3.05) is 32.8 Å². The molecule has 0 spiro atoms. The van der Waals surface area contributed by atoms with Crippen LogP contribution in [0.2, 0.25) is 0 Å². The summed E-state index contributed by atoms with van der Waals surface area (Å²) in [6.45, 7) is 3.20. The molecular formula is C28H28BrN5O6. The third-order valence-electron chi connectivity index (χ3n) is 5.48. The van der Waals surface area contributed by atoms with Crippen molar-refractivity contribution in [2.45, 2.75) is 20.5 Å². The van der Waals surface area contributed by atoms with E-state index in [0.29, 0.717) is 38.5 Å². The molecule has 2 amide bonds. The van der Waals surface area contributed by atoms with Gasteiger partial charge in [-0.3, -0.25) is 9.59 Å². The Morgan fingerprint density at radius 3 is 2.52 bits per heavy atom. The number of nitrogens with one attached hydrogen (secondary N) is 2. The summed E-state index contributed by atoms with van der Waals surface area (Å²) in [7, 11) is 2.98. The highest BCUT2D eigenvalue weighted by Gasteiger charge is 2.18. The normalized spacial score (nSPS) is 10.6. The molecule has 0 saturated heterocycles. The van der Waals surface area contributed by atoms with Crippen molar-refractivity contribution in [1.29, 1.82) is 5.26 Å². The molecule has 0 atom stereocenters. The predicted molar refractivity (Wildman–Crippen MR) is 152 cm³/mol. The van der Waals surface area contributed by atoms with E-state index in [1.165, 1.54) is 20.4 Å². The van der Waals surface area contributed by atoms with Gasteiger partial charge in [-0.25, -0.2) is 10.4 Å². The van der Waals surface area contributed by atoms with E-state index < -0.39 is 12.5 Å². The maximum Gasteiger partial charge on any atom is 0.278 e. The van der Waals surface area contributed by atoms with E-state index in [2.05, 4.69) is 36.8 Å². The van der Waals surface area contributed by atoms with Crippen LogP contribution in [0.25, 0.3) is 0 Å². The lowest BCUT2D eigenvalue weighted by molar-refractivity contribution is -0.123. The minimum atomic E-state index is -0.553. The number of aromatic nitrogens is 1. The number of hydrogen-bond donors (Lipinski definition) is 2. The number of hydrogen-bond acceptors (Lipinski definition) is 9. The number of pyridine rings is 1. The van der Waals surface area contributed by atoms with Crippen LogP contribution < -0.4 is 25.0 Å². The van der Waals surface area contributed by atoms with Gasteiger partial charge in [0.15, 0.2) is 24.7 Å². The molecule has 0 aliphatic heterocycles. The molecule has 1 aromatic heterocycles. The standard InChI is InChI=1S/C28H28BrN5O6/c1-17-7-5-6-8-22(17)33-25(35)15-39-23-10-9-19(11-24(23)38-4)13-31-34-26(36)16-40-28-20(12-30)21(14-37-3)27(29)18(2)32-28/h5-11,13H,14-16H2,1-4H3,(H,33,35)(H,34,36)/b31-13+. The van der Waals surface area contributed by atoms with Gasteiger partial charge in [-0.15, -0.1) is 0 Å². The van der Waals surface area contributed by atoms with E-state index in [4.69, 9.17) is 18.9 Å². The summed E-state index contributed by atoms with van der Waals surface area (Å²) in [6.07, 6.45) is 1.41. The van der Waals surface area contributed by atoms with E-state index in [9.17, 15) is 14.9 Å². The second-order valence-corrected chi connectivity index (χ2v) is 9.15. The zero-order valence-electron chi connectivity index (χ0n) is 22.4. The van der Waals surface area contributed by atoms with Gasteiger partial charge in [0.25, 0.3) is 11.8 Å². The highest BCUT2D eigenvalue weighted by atomic mass is 79.9. The summed E-state index contributed by atoms with van der Waals surface area (Å²) in [5.41, 5.74) is 5.98. The van der Waals surface area contributed by atoms with Crippen LogP contribution in [0.15, 0.2) is 52.0 Å². The van der Waals surface area contributed by atoms with Crippen molar-refractivity contribution in [2.24, 2.45) is 5.10 Å². The SMILES string of the molecule is COCc1c(Br)c(C)nc(OCC(=O)N/N=C/c2ccc(OCC(=O)Nc3ccccc3C)c(OC)c2)c1C#N. The summed E-state index contributed by atoms with van der Waals surface area (Å²) in [4.78, 5) is 28.8. The van der Waals surface area contributed by atoms with Gasteiger partial charge in [0.1, 0.15) is 11.6 Å². The second-order valence-electron chi connectivity index (χ2n) is 8.36. The fourth-order valence-electron chi connectivity index (χ4n) is 3.49. The number of rotatable bonds is 12. The molecule has 3 aromatic rings. The minimum Gasteiger partial charge on any atom is -0.493 e. The van der Waals surface area contributed by atoms with E-state index in [-0.39, 0.29) is 30.6 Å².